The number of methoxy groups -OCH3 is 1. The SMILES string of the molecule is COCCNCc1nc2cc(C(C)(C)C)ccc2o1. The van der Waals surface area contributed by atoms with Crippen LogP contribution < -0.4 is 5.32 Å². The van der Waals surface area contributed by atoms with E-state index >= 15 is 0 Å². The average molecular weight is 262 g/mol. The van der Waals surface area contributed by atoms with Crippen LogP contribution in [0.15, 0.2) is 22.6 Å². The zero-order valence-electron chi connectivity index (χ0n) is 12.1. The molecule has 104 valence electrons. The maximum absolute atomic E-state index is 5.70. The summed E-state index contributed by atoms with van der Waals surface area (Å²) >= 11 is 0. The fourth-order valence-corrected chi connectivity index (χ4v) is 1.89. The lowest BCUT2D eigenvalue weighted by molar-refractivity contribution is 0.198. The lowest BCUT2D eigenvalue weighted by Gasteiger charge is -2.18. The van der Waals surface area contributed by atoms with E-state index in [0.29, 0.717) is 13.2 Å². The smallest absolute Gasteiger partial charge is 0.209 e. The molecular formula is C15H22N2O2. The van der Waals surface area contributed by atoms with Gasteiger partial charge in [0.2, 0.25) is 5.89 Å². The van der Waals surface area contributed by atoms with E-state index in [1.165, 1.54) is 5.56 Å². The number of nitrogens with one attached hydrogen (secondary N) is 1. The zero-order chi connectivity index (χ0) is 13.9. The van der Waals surface area contributed by atoms with Crippen LogP contribution in [-0.2, 0) is 16.7 Å². The molecule has 1 N–H and O–H groups in total. The van der Waals surface area contributed by atoms with Crippen LogP contribution in [0.3, 0.4) is 0 Å². The Morgan fingerprint density at radius 1 is 1.32 bits per heavy atom. The highest BCUT2D eigenvalue weighted by atomic mass is 16.5. The lowest BCUT2D eigenvalue weighted by atomic mass is 9.87. The summed E-state index contributed by atoms with van der Waals surface area (Å²) in [7, 11) is 1.69. The summed E-state index contributed by atoms with van der Waals surface area (Å²) < 4.78 is 10.7. The Morgan fingerprint density at radius 2 is 2.11 bits per heavy atom. The highest BCUT2D eigenvalue weighted by Gasteiger charge is 2.15. The van der Waals surface area contributed by atoms with Crippen LogP contribution in [-0.4, -0.2) is 25.2 Å². The Bertz CT molecular complexity index is 541. The van der Waals surface area contributed by atoms with E-state index in [1.54, 1.807) is 7.11 Å². The highest BCUT2D eigenvalue weighted by molar-refractivity contribution is 5.73. The second kappa shape index (κ2) is 5.72. The highest BCUT2D eigenvalue weighted by Crippen LogP contribution is 2.26. The number of nitrogens with zero attached hydrogens (tertiary/aromatic N) is 1. The number of fused-ring (bicyclic) bond motifs is 1. The normalized spacial score (nSPS) is 12.2. The molecule has 1 aromatic carbocycles. The first-order valence-corrected chi connectivity index (χ1v) is 6.60. The fourth-order valence-electron chi connectivity index (χ4n) is 1.89. The molecule has 0 saturated carbocycles. The van der Waals surface area contributed by atoms with Crippen LogP contribution in [0.1, 0.15) is 32.2 Å². The number of hydrogen-bond donors (Lipinski definition) is 1. The minimum atomic E-state index is 0.129. The Kier molecular flexibility index (Phi) is 4.22. The van der Waals surface area contributed by atoms with Gasteiger partial charge >= 0.3 is 0 Å². The quantitative estimate of drug-likeness (QED) is 0.842. The van der Waals surface area contributed by atoms with Gasteiger partial charge in [-0.1, -0.05) is 26.8 Å². The van der Waals surface area contributed by atoms with E-state index in [1.807, 2.05) is 6.07 Å². The van der Waals surface area contributed by atoms with Crippen molar-refractivity contribution in [3.63, 3.8) is 0 Å². The maximum atomic E-state index is 5.70. The second-order valence-electron chi connectivity index (χ2n) is 5.71. The first kappa shape index (κ1) is 14.0. The number of hydrogen-bond acceptors (Lipinski definition) is 4. The van der Waals surface area contributed by atoms with Crippen molar-refractivity contribution in [3.8, 4) is 0 Å². The molecule has 0 bridgehead atoms. The van der Waals surface area contributed by atoms with Crippen LogP contribution in [0, 0.1) is 0 Å². The zero-order valence-corrected chi connectivity index (χ0v) is 12.1. The molecule has 0 amide bonds. The van der Waals surface area contributed by atoms with Crippen LogP contribution in [0.25, 0.3) is 11.1 Å². The van der Waals surface area contributed by atoms with Gasteiger partial charge in [0, 0.05) is 13.7 Å². The molecule has 0 aliphatic heterocycles. The summed E-state index contributed by atoms with van der Waals surface area (Å²) in [5.74, 6) is 0.720. The Labute approximate surface area is 114 Å². The van der Waals surface area contributed by atoms with Crippen molar-refractivity contribution in [3.05, 3.63) is 29.7 Å². The van der Waals surface area contributed by atoms with Gasteiger partial charge in [-0.15, -0.1) is 0 Å². The molecule has 19 heavy (non-hydrogen) atoms. The first-order valence-electron chi connectivity index (χ1n) is 6.60. The standard InChI is InChI=1S/C15H22N2O2/c1-15(2,3)11-5-6-13-12(9-11)17-14(19-13)10-16-7-8-18-4/h5-6,9,16H,7-8,10H2,1-4H3. The largest absolute Gasteiger partial charge is 0.439 e. The number of rotatable bonds is 5. The minimum absolute atomic E-state index is 0.129. The van der Waals surface area contributed by atoms with Crippen molar-refractivity contribution in [1.29, 1.82) is 0 Å². The molecule has 1 heterocycles. The topological polar surface area (TPSA) is 47.3 Å². The maximum Gasteiger partial charge on any atom is 0.209 e. The van der Waals surface area contributed by atoms with Crippen molar-refractivity contribution in [2.45, 2.75) is 32.7 Å². The molecule has 0 unspecified atom stereocenters. The molecule has 0 aliphatic carbocycles. The van der Waals surface area contributed by atoms with Gasteiger partial charge in [-0.2, -0.15) is 0 Å². The molecule has 4 heteroatoms. The molecule has 2 aromatic rings. The van der Waals surface area contributed by atoms with Gasteiger partial charge in [-0.05, 0) is 23.1 Å². The second-order valence-corrected chi connectivity index (χ2v) is 5.71. The summed E-state index contributed by atoms with van der Waals surface area (Å²) in [4.78, 5) is 4.51. The molecule has 0 fully saturated rings. The van der Waals surface area contributed by atoms with Gasteiger partial charge < -0.3 is 14.5 Å². The number of ether oxygens (including phenoxy) is 1. The summed E-state index contributed by atoms with van der Waals surface area (Å²) in [6, 6.07) is 6.22. The van der Waals surface area contributed by atoms with Gasteiger partial charge in [-0.3, -0.25) is 0 Å². The van der Waals surface area contributed by atoms with Crippen molar-refractivity contribution < 1.29 is 9.15 Å². The third-order valence-corrected chi connectivity index (χ3v) is 3.06. The lowest BCUT2D eigenvalue weighted by Crippen LogP contribution is -2.18. The molecule has 4 nitrogen and oxygen atoms in total. The van der Waals surface area contributed by atoms with Gasteiger partial charge in [0.25, 0.3) is 0 Å². The number of oxazole rings is 1. The molecule has 0 atom stereocenters. The number of aromatic nitrogens is 1. The van der Waals surface area contributed by atoms with Crippen molar-refractivity contribution >= 4 is 11.1 Å². The summed E-state index contributed by atoms with van der Waals surface area (Å²) in [6.07, 6.45) is 0. The predicted molar refractivity (Wildman–Crippen MR) is 76.3 cm³/mol. The Morgan fingerprint density at radius 3 is 2.79 bits per heavy atom. The molecule has 1 aromatic heterocycles. The molecule has 2 rings (SSSR count). The molecule has 0 spiro atoms. The van der Waals surface area contributed by atoms with Crippen LogP contribution in [0.4, 0.5) is 0 Å². The van der Waals surface area contributed by atoms with E-state index in [4.69, 9.17) is 9.15 Å². The van der Waals surface area contributed by atoms with Crippen molar-refractivity contribution in [2.75, 3.05) is 20.3 Å². The van der Waals surface area contributed by atoms with E-state index in [9.17, 15) is 0 Å². The summed E-state index contributed by atoms with van der Waals surface area (Å²) in [6.45, 7) is 8.70. The monoisotopic (exact) mass is 262 g/mol. The predicted octanol–water partition coefficient (Wildman–Crippen LogP) is 2.86. The van der Waals surface area contributed by atoms with E-state index in [0.717, 1.165) is 23.5 Å². The molecule has 0 aliphatic rings. The number of benzene rings is 1. The van der Waals surface area contributed by atoms with E-state index < -0.39 is 0 Å². The Balaban J connectivity index is 2.12. The van der Waals surface area contributed by atoms with Crippen LogP contribution in [0.5, 0.6) is 0 Å². The van der Waals surface area contributed by atoms with Gasteiger partial charge in [0.15, 0.2) is 5.58 Å². The molecule has 0 radical (unpaired) electrons. The fraction of sp³-hybridized carbons (Fsp3) is 0.533. The third-order valence-electron chi connectivity index (χ3n) is 3.06. The first-order chi connectivity index (χ1) is 9.00. The van der Waals surface area contributed by atoms with Gasteiger partial charge in [0.05, 0.1) is 13.2 Å². The molecular weight excluding hydrogens is 240 g/mol. The van der Waals surface area contributed by atoms with E-state index in [2.05, 4.69) is 43.2 Å². The third kappa shape index (κ3) is 3.55. The summed E-state index contributed by atoms with van der Waals surface area (Å²) in [5, 5.41) is 3.23. The minimum Gasteiger partial charge on any atom is -0.439 e. The van der Waals surface area contributed by atoms with Crippen LogP contribution >= 0.6 is 0 Å². The summed E-state index contributed by atoms with van der Waals surface area (Å²) in [5.41, 5.74) is 3.17. The average Bonchev–Trinajstić information content (AvgIpc) is 2.75. The Hall–Kier alpha value is -1.39. The van der Waals surface area contributed by atoms with Gasteiger partial charge in [-0.25, -0.2) is 4.98 Å². The molecule has 0 saturated heterocycles. The van der Waals surface area contributed by atoms with Gasteiger partial charge in [0.1, 0.15) is 5.52 Å². The van der Waals surface area contributed by atoms with Crippen molar-refractivity contribution in [2.24, 2.45) is 0 Å². The van der Waals surface area contributed by atoms with Crippen molar-refractivity contribution in [1.82, 2.24) is 10.3 Å². The van der Waals surface area contributed by atoms with E-state index in [-0.39, 0.29) is 5.41 Å². The van der Waals surface area contributed by atoms with Crippen LogP contribution in [0.2, 0.25) is 0 Å².